The highest BCUT2D eigenvalue weighted by Crippen LogP contribution is 2.24. The molecule has 0 saturated heterocycles. The van der Waals surface area contributed by atoms with E-state index in [1.54, 1.807) is 0 Å². The van der Waals surface area contributed by atoms with Gasteiger partial charge in [-0.05, 0) is 33.7 Å². The lowest BCUT2D eigenvalue weighted by Gasteiger charge is -2.16. The molecule has 5 heteroatoms. The van der Waals surface area contributed by atoms with E-state index < -0.39 is 0 Å². The molecule has 0 aliphatic heterocycles. The summed E-state index contributed by atoms with van der Waals surface area (Å²) in [5.74, 6) is 2.59. The van der Waals surface area contributed by atoms with E-state index in [0.29, 0.717) is 0 Å². The average Bonchev–Trinajstić information content (AvgIpc) is 3.12. The topological polar surface area (TPSA) is 53.1 Å². The average molecular weight is 249 g/mol. The summed E-state index contributed by atoms with van der Waals surface area (Å²) < 4.78 is 0. The van der Waals surface area contributed by atoms with Crippen molar-refractivity contribution < 1.29 is 0 Å². The van der Waals surface area contributed by atoms with Crippen molar-refractivity contribution in [3.8, 4) is 0 Å². The van der Waals surface area contributed by atoms with Crippen LogP contribution in [0.25, 0.3) is 0 Å². The largest absolute Gasteiger partial charge is 0.370 e. The van der Waals surface area contributed by atoms with Gasteiger partial charge in [-0.25, -0.2) is 9.97 Å². The van der Waals surface area contributed by atoms with Gasteiger partial charge in [-0.3, -0.25) is 0 Å². The molecule has 1 saturated carbocycles. The Labute approximate surface area is 109 Å². The molecule has 0 bridgehead atoms. The van der Waals surface area contributed by atoms with Crippen LogP contribution in [-0.2, 0) is 0 Å². The normalized spacial score (nSPS) is 14.9. The van der Waals surface area contributed by atoms with Crippen LogP contribution in [0.15, 0.2) is 6.07 Å². The first-order valence-electron chi connectivity index (χ1n) is 6.72. The summed E-state index contributed by atoms with van der Waals surface area (Å²) in [7, 11) is 2.19. The molecule has 1 aliphatic rings. The van der Waals surface area contributed by atoms with Gasteiger partial charge in [0, 0.05) is 31.7 Å². The lowest BCUT2D eigenvalue weighted by atomic mass is 10.4. The molecule has 1 fully saturated rings. The third kappa shape index (κ3) is 3.84. The summed E-state index contributed by atoms with van der Waals surface area (Å²) in [5.41, 5.74) is 0. The highest BCUT2D eigenvalue weighted by Gasteiger charge is 2.25. The first kappa shape index (κ1) is 13.1. The molecule has 2 N–H and O–H groups in total. The van der Waals surface area contributed by atoms with E-state index in [2.05, 4.69) is 39.5 Å². The molecule has 100 valence electrons. The number of rotatable bonds is 7. The van der Waals surface area contributed by atoms with Crippen molar-refractivity contribution in [2.75, 3.05) is 37.3 Å². The number of aryl methyl sites for hydroxylation is 1. The van der Waals surface area contributed by atoms with E-state index in [9.17, 15) is 0 Å². The Morgan fingerprint density at radius 1 is 1.28 bits per heavy atom. The van der Waals surface area contributed by atoms with Gasteiger partial charge in [0.1, 0.15) is 17.5 Å². The third-order valence-corrected chi connectivity index (χ3v) is 3.14. The Morgan fingerprint density at radius 3 is 2.56 bits per heavy atom. The highest BCUT2D eigenvalue weighted by molar-refractivity contribution is 5.47. The van der Waals surface area contributed by atoms with Gasteiger partial charge in [-0.1, -0.05) is 0 Å². The van der Waals surface area contributed by atoms with E-state index in [-0.39, 0.29) is 0 Å². The van der Waals surface area contributed by atoms with Gasteiger partial charge >= 0.3 is 0 Å². The summed E-state index contributed by atoms with van der Waals surface area (Å²) in [4.78, 5) is 11.1. The minimum Gasteiger partial charge on any atom is -0.370 e. The van der Waals surface area contributed by atoms with Gasteiger partial charge in [0.25, 0.3) is 0 Å². The summed E-state index contributed by atoms with van der Waals surface area (Å²) >= 11 is 0. The minimum atomic E-state index is 0.798. The zero-order valence-corrected chi connectivity index (χ0v) is 11.5. The van der Waals surface area contributed by atoms with Crippen LogP contribution in [0.2, 0.25) is 0 Å². The summed E-state index contributed by atoms with van der Waals surface area (Å²) in [6, 6.07) is 2.78. The number of hydrogen-bond acceptors (Lipinski definition) is 5. The smallest absolute Gasteiger partial charge is 0.131 e. The SMILES string of the molecule is CCNc1cc(NCCN(C)C2CC2)nc(C)n1. The van der Waals surface area contributed by atoms with Crippen molar-refractivity contribution in [2.24, 2.45) is 0 Å². The quantitative estimate of drug-likeness (QED) is 0.770. The van der Waals surface area contributed by atoms with Crippen molar-refractivity contribution in [3.05, 3.63) is 11.9 Å². The standard InChI is InChI=1S/C13H23N5/c1-4-14-12-9-13(17-10(2)16-12)15-7-8-18(3)11-5-6-11/h9,11H,4-8H2,1-3H3,(H2,14,15,16,17). The number of nitrogens with zero attached hydrogens (tertiary/aromatic N) is 3. The third-order valence-electron chi connectivity index (χ3n) is 3.14. The maximum atomic E-state index is 4.39. The van der Waals surface area contributed by atoms with Crippen molar-refractivity contribution in [3.63, 3.8) is 0 Å². The van der Waals surface area contributed by atoms with Crippen LogP contribution < -0.4 is 10.6 Å². The molecular formula is C13H23N5. The molecule has 18 heavy (non-hydrogen) atoms. The van der Waals surface area contributed by atoms with Crippen LogP contribution >= 0.6 is 0 Å². The monoisotopic (exact) mass is 249 g/mol. The number of aromatic nitrogens is 2. The predicted octanol–water partition coefficient (Wildman–Crippen LogP) is 1.72. The molecule has 0 radical (unpaired) electrons. The van der Waals surface area contributed by atoms with Gasteiger partial charge in [0.05, 0.1) is 0 Å². The van der Waals surface area contributed by atoms with Gasteiger partial charge in [-0.2, -0.15) is 0 Å². The van der Waals surface area contributed by atoms with Crippen molar-refractivity contribution in [1.82, 2.24) is 14.9 Å². The van der Waals surface area contributed by atoms with E-state index in [1.165, 1.54) is 12.8 Å². The molecular weight excluding hydrogens is 226 g/mol. The summed E-state index contributed by atoms with van der Waals surface area (Å²) in [6.07, 6.45) is 2.71. The van der Waals surface area contributed by atoms with Crippen LogP contribution in [0.1, 0.15) is 25.6 Å². The zero-order chi connectivity index (χ0) is 13.0. The molecule has 2 rings (SSSR count). The zero-order valence-electron chi connectivity index (χ0n) is 11.5. The first-order valence-corrected chi connectivity index (χ1v) is 6.72. The van der Waals surface area contributed by atoms with Crippen molar-refractivity contribution >= 4 is 11.6 Å². The Kier molecular flexibility index (Phi) is 4.36. The predicted molar refractivity (Wildman–Crippen MR) is 75.1 cm³/mol. The Bertz CT molecular complexity index is 389. The molecule has 0 spiro atoms. The fraction of sp³-hybridized carbons (Fsp3) is 0.692. The van der Waals surface area contributed by atoms with Crippen LogP contribution in [0.5, 0.6) is 0 Å². The Morgan fingerprint density at radius 2 is 1.94 bits per heavy atom. The lowest BCUT2D eigenvalue weighted by Crippen LogP contribution is -2.27. The van der Waals surface area contributed by atoms with Crippen LogP contribution in [-0.4, -0.2) is 47.6 Å². The second kappa shape index (κ2) is 6.00. The van der Waals surface area contributed by atoms with E-state index in [1.807, 2.05) is 13.0 Å². The highest BCUT2D eigenvalue weighted by atomic mass is 15.2. The molecule has 1 heterocycles. The number of anilines is 2. The lowest BCUT2D eigenvalue weighted by molar-refractivity contribution is 0.337. The van der Waals surface area contributed by atoms with Crippen LogP contribution in [0, 0.1) is 6.92 Å². The summed E-state index contributed by atoms with van der Waals surface area (Å²) in [6.45, 7) is 6.84. The van der Waals surface area contributed by atoms with Crippen molar-refractivity contribution in [2.45, 2.75) is 32.7 Å². The number of nitrogens with one attached hydrogen (secondary N) is 2. The fourth-order valence-corrected chi connectivity index (χ4v) is 1.99. The van der Waals surface area contributed by atoms with Gasteiger partial charge in [0.2, 0.25) is 0 Å². The number of likely N-dealkylation sites (N-methyl/N-ethyl adjacent to an activating group) is 1. The molecule has 1 aromatic rings. The first-order chi connectivity index (χ1) is 8.69. The second-order valence-corrected chi connectivity index (χ2v) is 4.85. The van der Waals surface area contributed by atoms with E-state index in [4.69, 9.17) is 0 Å². The minimum absolute atomic E-state index is 0.798. The van der Waals surface area contributed by atoms with E-state index >= 15 is 0 Å². The molecule has 1 aliphatic carbocycles. The number of hydrogen-bond donors (Lipinski definition) is 2. The molecule has 0 atom stereocenters. The molecule has 0 unspecified atom stereocenters. The molecule has 0 amide bonds. The van der Waals surface area contributed by atoms with Crippen molar-refractivity contribution in [1.29, 1.82) is 0 Å². The van der Waals surface area contributed by atoms with Gasteiger partial charge in [0.15, 0.2) is 0 Å². The molecule has 0 aromatic carbocycles. The van der Waals surface area contributed by atoms with Crippen LogP contribution in [0.3, 0.4) is 0 Å². The van der Waals surface area contributed by atoms with Gasteiger partial charge < -0.3 is 15.5 Å². The van der Waals surface area contributed by atoms with Crippen LogP contribution in [0.4, 0.5) is 11.6 Å². The molecule has 1 aromatic heterocycles. The fourth-order valence-electron chi connectivity index (χ4n) is 1.99. The maximum absolute atomic E-state index is 4.39. The Hall–Kier alpha value is -1.36. The Balaban J connectivity index is 1.83. The summed E-state index contributed by atoms with van der Waals surface area (Å²) in [5, 5.41) is 6.58. The van der Waals surface area contributed by atoms with Gasteiger partial charge in [-0.15, -0.1) is 0 Å². The molecule has 5 nitrogen and oxygen atoms in total. The second-order valence-electron chi connectivity index (χ2n) is 4.85. The maximum Gasteiger partial charge on any atom is 0.131 e. The van der Waals surface area contributed by atoms with E-state index in [0.717, 1.165) is 43.1 Å².